The second-order valence-electron chi connectivity index (χ2n) is 8.50. The molecule has 0 aliphatic carbocycles. The van der Waals surface area contributed by atoms with Gasteiger partial charge in [0.2, 0.25) is 5.91 Å². The molecule has 190 valence electrons. The molecule has 4 rings (SSSR count). The highest BCUT2D eigenvalue weighted by molar-refractivity contribution is 7.10. The number of carbonyl (C=O) groups is 2. The van der Waals surface area contributed by atoms with Crippen molar-refractivity contribution in [2.75, 3.05) is 40.0 Å². The molecule has 0 fully saturated rings. The summed E-state index contributed by atoms with van der Waals surface area (Å²) in [6.45, 7) is 1.45. The topological polar surface area (TPSA) is 59.1 Å². The second-order valence-corrected chi connectivity index (χ2v) is 9.94. The van der Waals surface area contributed by atoms with Crippen molar-refractivity contribution >= 4 is 34.8 Å². The number of amides is 2. The van der Waals surface area contributed by atoms with E-state index >= 15 is 0 Å². The van der Waals surface area contributed by atoms with Crippen molar-refractivity contribution in [2.24, 2.45) is 0 Å². The van der Waals surface area contributed by atoms with Gasteiger partial charge in [0.15, 0.2) is 0 Å². The third-order valence-electron chi connectivity index (χ3n) is 6.10. The number of thiophene rings is 1. The summed E-state index contributed by atoms with van der Waals surface area (Å²) in [5, 5.41) is 2.65. The standard InChI is InChI=1S/C27H28ClFN2O4S/c1-34-14-3-12-30(27(33)19-4-2-5-21(29)16-19)17-26(32)31-13-10-25-23(11-15-36-25)24(31)18-35-22-8-6-20(28)7-9-22/h2,4-9,11,15-16,24H,3,10,12-14,17-18H2,1H3/t24-/m1/s1. The lowest BCUT2D eigenvalue weighted by Gasteiger charge is -2.37. The molecule has 0 N–H and O–H groups in total. The van der Waals surface area contributed by atoms with Crippen LogP contribution in [0, 0.1) is 5.82 Å². The molecule has 0 bridgehead atoms. The molecule has 0 saturated carbocycles. The first kappa shape index (κ1) is 26.1. The molecule has 1 aromatic heterocycles. The van der Waals surface area contributed by atoms with Crippen molar-refractivity contribution in [1.82, 2.24) is 9.80 Å². The van der Waals surface area contributed by atoms with Crippen molar-refractivity contribution < 1.29 is 23.5 Å². The Labute approximate surface area is 219 Å². The van der Waals surface area contributed by atoms with Crippen molar-refractivity contribution in [3.05, 3.63) is 86.8 Å². The van der Waals surface area contributed by atoms with Gasteiger partial charge in [-0.1, -0.05) is 17.7 Å². The van der Waals surface area contributed by atoms with Gasteiger partial charge < -0.3 is 19.3 Å². The molecule has 36 heavy (non-hydrogen) atoms. The van der Waals surface area contributed by atoms with Crippen LogP contribution in [0.15, 0.2) is 60.0 Å². The van der Waals surface area contributed by atoms with Crippen molar-refractivity contribution in [3.63, 3.8) is 0 Å². The van der Waals surface area contributed by atoms with E-state index in [0.29, 0.717) is 36.9 Å². The Bertz CT molecular complexity index is 1190. The zero-order valence-corrected chi connectivity index (χ0v) is 21.6. The largest absolute Gasteiger partial charge is 0.491 e. The van der Waals surface area contributed by atoms with Gasteiger partial charge in [-0.25, -0.2) is 4.39 Å². The maximum Gasteiger partial charge on any atom is 0.254 e. The van der Waals surface area contributed by atoms with Gasteiger partial charge in [-0.05, 0) is 72.3 Å². The Balaban J connectivity index is 1.52. The number of nitrogens with zero attached hydrogens (tertiary/aromatic N) is 2. The third kappa shape index (κ3) is 6.43. The van der Waals surface area contributed by atoms with Crippen LogP contribution in [0.3, 0.4) is 0 Å². The predicted molar refractivity (Wildman–Crippen MR) is 138 cm³/mol. The van der Waals surface area contributed by atoms with Gasteiger partial charge in [-0.15, -0.1) is 11.3 Å². The van der Waals surface area contributed by atoms with Crippen molar-refractivity contribution in [1.29, 1.82) is 0 Å². The number of methoxy groups -OCH3 is 1. The number of fused-ring (bicyclic) bond motifs is 1. The Morgan fingerprint density at radius 2 is 2.00 bits per heavy atom. The number of halogens is 2. The van der Waals surface area contributed by atoms with Crippen LogP contribution >= 0.6 is 22.9 Å². The Morgan fingerprint density at radius 3 is 2.75 bits per heavy atom. The van der Waals surface area contributed by atoms with Gasteiger partial charge in [0, 0.05) is 42.3 Å². The first-order valence-electron chi connectivity index (χ1n) is 11.7. The molecule has 0 unspecified atom stereocenters. The average molecular weight is 531 g/mol. The Kier molecular flexibility index (Phi) is 8.96. The summed E-state index contributed by atoms with van der Waals surface area (Å²) in [6, 6.07) is 14.4. The highest BCUT2D eigenvalue weighted by Gasteiger charge is 2.33. The van der Waals surface area contributed by atoms with Gasteiger partial charge in [0.05, 0.1) is 6.04 Å². The first-order chi connectivity index (χ1) is 17.5. The van der Waals surface area contributed by atoms with E-state index in [1.807, 2.05) is 11.4 Å². The lowest BCUT2D eigenvalue weighted by atomic mass is 10.0. The molecule has 0 radical (unpaired) electrons. The fraction of sp³-hybridized carbons (Fsp3) is 0.333. The molecule has 1 aliphatic rings. The Hall–Kier alpha value is -2.94. The van der Waals surface area contributed by atoms with Gasteiger partial charge in [0.25, 0.3) is 5.91 Å². The van der Waals surface area contributed by atoms with Crippen LogP contribution < -0.4 is 4.74 Å². The molecule has 1 aliphatic heterocycles. The number of hydrogen-bond acceptors (Lipinski definition) is 5. The monoisotopic (exact) mass is 530 g/mol. The van der Waals surface area contributed by atoms with Crippen LogP contribution in [0.4, 0.5) is 4.39 Å². The van der Waals surface area contributed by atoms with Crippen molar-refractivity contribution in [2.45, 2.75) is 18.9 Å². The molecule has 2 heterocycles. The fourth-order valence-electron chi connectivity index (χ4n) is 4.29. The molecule has 6 nitrogen and oxygen atoms in total. The summed E-state index contributed by atoms with van der Waals surface area (Å²) in [4.78, 5) is 31.3. The van der Waals surface area contributed by atoms with E-state index < -0.39 is 5.82 Å². The van der Waals surface area contributed by atoms with Crippen LogP contribution in [-0.4, -0.2) is 61.6 Å². The summed E-state index contributed by atoms with van der Waals surface area (Å²) >= 11 is 7.65. The first-order valence-corrected chi connectivity index (χ1v) is 13.0. The SMILES string of the molecule is COCCCN(CC(=O)N1CCc2sccc2[C@H]1COc1ccc(Cl)cc1)C(=O)c1cccc(F)c1. The quantitative estimate of drug-likeness (QED) is 0.337. The minimum absolute atomic E-state index is 0.115. The molecule has 2 amide bonds. The second kappa shape index (κ2) is 12.3. The van der Waals surface area contributed by atoms with Gasteiger partial charge >= 0.3 is 0 Å². The zero-order valence-electron chi connectivity index (χ0n) is 20.0. The summed E-state index contributed by atoms with van der Waals surface area (Å²) in [7, 11) is 1.58. The maximum atomic E-state index is 13.8. The van der Waals surface area contributed by atoms with E-state index in [9.17, 15) is 14.0 Å². The minimum Gasteiger partial charge on any atom is -0.491 e. The smallest absolute Gasteiger partial charge is 0.254 e. The highest BCUT2D eigenvalue weighted by Crippen LogP contribution is 2.34. The number of benzene rings is 2. The van der Waals surface area contributed by atoms with E-state index in [1.54, 1.807) is 53.7 Å². The van der Waals surface area contributed by atoms with E-state index in [2.05, 4.69) is 0 Å². The van der Waals surface area contributed by atoms with Gasteiger partial charge in [0.1, 0.15) is 24.7 Å². The van der Waals surface area contributed by atoms with Crippen molar-refractivity contribution in [3.8, 4) is 5.75 Å². The zero-order chi connectivity index (χ0) is 25.5. The van der Waals surface area contributed by atoms with Crippen LogP contribution in [0.25, 0.3) is 0 Å². The van der Waals surface area contributed by atoms with Crippen LogP contribution in [0.1, 0.15) is 33.3 Å². The molecular formula is C27H28ClFN2O4S. The molecular weight excluding hydrogens is 503 g/mol. The fourth-order valence-corrected chi connectivity index (χ4v) is 5.35. The van der Waals surface area contributed by atoms with E-state index in [4.69, 9.17) is 21.1 Å². The Morgan fingerprint density at radius 1 is 1.19 bits per heavy atom. The summed E-state index contributed by atoms with van der Waals surface area (Å²) in [5.74, 6) is -0.402. The normalized spacial score (nSPS) is 14.9. The van der Waals surface area contributed by atoms with Gasteiger partial charge in [-0.3, -0.25) is 9.59 Å². The molecule has 1 atom stereocenters. The average Bonchev–Trinajstić information content (AvgIpc) is 3.36. The molecule has 9 heteroatoms. The minimum atomic E-state index is -0.496. The number of carbonyl (C=O) groups excluding carboxylic acids is 2. The predicted octanol–water partition coefficient (Wildman–Crippen LogP) is 5.22. The van der Waals surface area contributed by atoms with Crippen LogP contribution in [0.2, 0.25) is 5.02 Å². The summed E-state index contributed by atoms with van der Waals surface area (Å²) < 4.78 is 24.9. The van der Waals surface area contributed by atoms with E-state index in [-0.39, 0.29) is 36.6 Å². The summed E-state index contributed by atoms with van der Waals surface area (Å²) in [5.41, 5.74) is 1.28. The lowest BCUT2D eigenvalue weighted by molar-refractivity contribution is -0.135. The van der Waals surface area contributed by atoms with Gasteiger partial charge in [-0.2, -0.15) is 0 Å². The van der Waals surface area contributed by atoms with E-state index in [0.717, 1.165) is 12.0 Å². The number of hydrogen-bond donors (Lipinski definition) is 0. The van der Waals surface area contributed by atoms with E-state index in [1.165, 1.54) is 28.0 Å². The number of rotatable bonds is 10. The molecule has 0 spiro atoms. The summed E-state index contributed by atoms with van der Waals surface area (Å²) in [6.07, 6.45) is 1.31. The highest BCUT2D eigenvalue weighted by atomic mass is 35.5. The van der Waals surface area contributed by atoms with Crippen LogP contribution in [0.5, 0.6) is 5.75 Å². The third-order valence-corrected chi connectivity index (χ3v) is 7.35. The molecule has 3 aromatic rings. The molecule has 2 aromatic carbocycles. The maximum absolute atomic E-state index is 13.8. The van der Waals surface area contributed by atoms with Crippen LogP contribution in [-0.2, 0) is 16.0 Å². The molecule has 0 saturated heterocycles. The number of ether oxygens (including phenoxy) is 2. The lowest BCUT2D eigenvalue weighted by Crippen LogP contribution is -2.48.